The van der Waals surface area contributed by atoms with E-state index in [1.807, 2.05) is 0 Å². The molecular weight excluding hydrogens is 637 g/mol. The fraction of sp³-hybridized carbons (Fsp3) is 0. The van der Waals surface area contributed by atoms with E-state index < -0.39 is 0 Å². The molecule has 0 saturated carbocycles. The quantitative estimate of drug-likeness (QED) is 0.169. The molecule has 47 heavy (non-hydrogen) atoms. The van der Waals surface area contributed by atoms with E-state index in [1.54, 1.807) is 0 Å². The molecule has 0 radical (unpaired) electrons. The summed E-state index contributed by atoms with van der Waals surface area (Å²) in [4.78, 5) is 7.27. The Kier molecular flexibility index (Phi) is 6.72. The van der Waals surface area contributed by atoms with E-state index in [0.717, 1.165) is 32.9 Å². The van der Waals surface area contributed by atoms with Crippen LogP contribution in [-0.4, -0.2) is 6.71 Å². The summed E-state index contributed by atoms with van der Waals surface area (Å²) in [7, 11) is 0. The molecule has 0 unspecified atom stereocenters. The Morgan fingerprint density at radius 1 is 0.404 bits per heavy atom. The molecule has 0 aliphatic carbocycles. The number of hydrogen-bond donors (Lipinski definition) is 0. The van der Waals surface area contributed by atoms with Crippen LogP contribution >= 0.6 is 15.9 Å². The molecule has 2 aliphatic heterocycles. The van der Waals surface area contributed by atoms with Gasteiger partial charge in [-0.2, -0.15) is 0 Å². The van der Waals surface area contributed by atoms with Crippen molar-refractivity contribution in [1.29, 1.82) is 0 Å². The van der Waals surface area contributed by atoms with E-state index in [2.05, 4.69) is 207 Å². The van der Waals surface area contributed by atoms with Crippen LogP contribution in [0.1, 0.15) is 0 Å². The molecule has 2 aliphatic rings. The van der Waals surface area contributed by atoms with Crippen molar-refractivity contribution in [1.82, 2.24) is 0 Å². The fourth-order valence-electron chi connectivity index (χ4n) is 7.35. The van der Waals surface area contributed by atoms with Gasteiger partial charge in [-0.3, -0.25) is 0 Å². The summed E-state index contributed by atoms with van der Waals surface area (Å²) in [6.07, 6.45) is 0. The van der Waals surface area contributed by atoms with Crippen LogP contribution < -0.4 is 31.1 Å². The van der Waals surface area contributed by atoms with Gasteiger partial charge in [-0.25, -0.2) is 0 Å². The number of fused-ring (bicyclic) bond motifs is 4. The first-order valence-electron chi connectivity index (χ1n) is 15.9. The predicted molar refractivity (Wildman–Crippen MR) is 203 cm³/mol. The van der Waals surface area contributed by atoms with Crippen LogP contribution in [0.4, 0.5) is 51.2 Å². The highest BCUT2D eigenvalue weighted by atomic mass is 79.9. The van der Waals surface area contributed by atoms with Crippen molar-refractivity contribution >= 4 is 90.2 Å². The Hall–Kier alpha value is -5.52. The highest BCUT2D eigenvalue weighted by Crippen LogP contribution is 2.47. The Labute approximate surface area is 284 Å². The molecular formula is C42H29BBrN3. The molecule has 7 aromatic rings. The molecule has 5 heteroatoms. The van der Waals surface area contributed by atoms with E-state index in [0.29, 0.717) is 0 Å². The fourth-order valence-corrected chi connectivity index (χ4v) is 7.73. The van der Waals surface area contributed by atoms with Gasteiger partial charge in [0.1, 0.15) is 0 Å². The second-order valence-electron chi connectivity index (χ2n) is 11.9. The smallest absolute Gasteiger partial charge is 0.252 e. The van der Waals surface area contributed by atoms with Gasteiger partial charge in [0.2, 0.25) is 0 Å². The van der Waals surface area contributed by atoms with Crippen molar-refractivity contribution in [2.45, 2.75) is 0 Å². The number of benzene rings is 7. The molecule has 0 bridgehead atoms. The van der Waals surface area contributed by atoms with E-state index >= 15 is 0 Å². The van der Waals surface area contributed by atoms with Gasteiger partial charge >= 0.3 is 0 Å². The SMILES string of the molecule is Brc1ccc2c(c1)B1c3ccccc3N(c3ccccc3)c3cc(N(c4ccccc4)c4ccccc4)cc(c31)N2c1ccccc1. The summed E-state index contributed by atoms with van der Waals surface area (Å²) >= 11 is 3.84. The van der Waals surface area contributed by atoms with E-state index in [1.165, 1.54) is 39.1 Å². The van der Waals surface area contributed by atoms with Gasteiger partial charge in [0.15, 0.2) is 0 Å². The molecule has 2 heterocycles. The van der Waals surface area contributed by atoms with E-state index in [9.17, 15) is 0 Å². The predicted octanol–water partition coefficient (Wildman–Crippen LogP) is 10.0. The van der Waals surface area contributed by atoms with Crippen LogP contribution in [0.15, 0.2) is 180 Å². The minimum Gasteiger partial charge on any atom is -0.311 e. The van der Waals surface area contributed by atoms with E-state index in [-0.39, 0.29) is 6.71 Å². The number of hydrogen-bond acceptors (Lipinski definition) is 3. The molecule has 0 fully saturated rings. The third-order valence-electron chi connectivity index (χ3n) is 9.24. The summed E-state index contributed by atoms with van der Waals surface area (Å²) < 4.78 is 1.08. The maximum atomic E-state index is 3.84. The lowest BCUT2D eigenvalue weighted by Crippen LogP contribution is -2.61. The second kappa shape index (κ2) is 11.4. The Bertz CT molecular complexity index is 2170. The summed E-state index contributed by atoms with van der Waals surface area (Å²) in [6, 6.07) is 63.3. The summed E-state index contributed by atoms with van der Waals surface area (Å²) in [6.45, 7) is 0.0552. The van der Waals surface area contributed by atoms with Crippen LogP contribution in [0.5, 0.6) is 0 Å². The molecule has 0 aromatic heterocycles. The third-order valence-corrected chi connectivity index (χ3v) is 9.73. The van der Waals surface area contributed by atoms with Gasteiger partial charge in [0, 0.05) is 50.0 Å². The zero-order chi connectivity index (χ0) is 31.3. The first-order valence-corrected chi connectivity index (χ1v) is 16.7. The zero-order valence-corrected chi connectivity index (χ0v) is 27.1. The standard InChI is InChI=1S/C42H29BBrN3/c44-30-25-26-39-37(27-30)43-36-23-13-14-24-38(36)46(33-19-9-3-10-20-33)40-28-35(29-41(42(40)43)47(39)34-21-11-4-12-22-34)45(31-15-5-1-6-16-31)32-17-7-2-8-18-32/h1-29H. The molecule has 3 nitrogen and oxygen atoms in total. The molecule has 9 rings (SSSR count). The second-order valence-corrected chi connectivity index (χ2v) is 12.9. The topological polar surface area (TPSA) is 9.72 Å². The summed E-state index contributed by atoms with van der Waals surface area (Å²) in [5, 5.41) is 0. The Balaban J connectivity index is 1.42. The van der Waals surface area contributed by atoms with Crippen LogP contribution in [0.3, 0.4) is 0 Å². The number of nitrogens with zero attached hydrogens (tertiary/aromatic N) is 3. The maximum Gasteiger partial charge on any atom is 0.252 e. The average molecular weight is 666 g/mol. The summed E-state index contributed by atoms with van der Waals surface area (Å²) in [5.74, 6) is 0. The van der Waals surface area contributed by atoms with Crippen molar-refractivity contribution in [2.75, 3.05) is 14.7 Å². The maximum absolute atomic E-state index is 3.84. The third kappa shape index (κ3) is 4.57. The van der Waals surface area contributed by atoms with Gasteiger partial charge < -0.3 is 14.7 Å². The van der Waals surface area contributed by atoms with Gasteiger partial charge in [0.05, 0.1) is 5.69 Å². The lowest BCUT2D eigenvalue weighted by Gasteiger charge is -2.45. The Morgan fingerprint density at radius 2 is 0.872 bits per heavy atom. The number of rotatable bonds is 5. The van der Waals surface area contributed by atoms with Crippen LogP contribution in [0.25, 0.3) is 0 Å². The normalized spacial score (nSPS) is 12.7. The monoisotopic (exact) mass is 665 g/mol. The molecule has 0 atom stereocenters. The molecule has 222 valence electrons. The largest absolute Gasteiger partial charge is 0.311 e. The summed E-state index contributed by atoms with van der Waals surface area (Å²) in [5.41, 5.74) is 14.2. The average Bonchev–Trinajstić information content (AvgIpc) is 3.13. The van der Waals surface area contributed by atoms with Gasteiger partial charge in [-0.05, 0) is 95.3 Å². The lowest BCUT2D eigenvalue weighted by atomic mass is 9.33. The van der Waals surface area contributed by atoms with Crippen molar-refractivity contribution in [3.05, 3.63) is 180 Å². The van der Waals surface area contributed by atoms with Crippen LogP contribution in [0, 0.1) is 0 Å². The first kappa shape index (κ1) is 27.8. The van der Waals surface area contributed by atoms with Crippen molar-refractivity contribution < 1.29 is 0 Å². The van der Waals surface area contributed by atoms with Crippen molar-refractivity contribution in [3.63, 3.8) is 0 Å². The highest BCUT2D eigenvalue weighted by Gasteiger charge is 2.43. The number of para-hydroxylation sites is 5. The molecule has 0 spiro atoms. The van der Waals surface area contributed by atoms with Crippen LogP contribution in [-0.2, 0) is 0 Å². The van der Waals surface area contributed by atoms with E-state index in [4.69, 9.17) is 0 Å². The van der Waals surface area contributed by atoms with Gasteiger partial charge in [0.25, 0.3) is 6.71 Å². The van der Waals surface area contributed by atoms with Crippen molar-refractivity contribution in [3.8, 4) is 0 Å². The minimum atomic E-state index is 0.0552. The van der Waals surface area contributed by atoms with Crippen LogP contribution in [0.2, 0.25) is 0 Å². The molecule has 0 amide bonds. The molecule has 0 N–H and O–H groups in total. The lowest BCUT2D eigenvalue weighted by molar-refractivity contribution is 1.22. The minimum absolute atomic E-state index is 0.0552. The molecule has 7 aromatic carbocycles. The molecule has 0 saturated heterocycles. The Morgan fingerprint density at radius 3 is 1.43 bits per heavy atom. The number of anilines is 9. The van der Waals surface area contributed by atoms with Gasteiger partial charge in [-0.15, -0.1) is 0 Å². The van der Waals surface area contributed by atoms with Gasteiger partial charge in [-0.1, -0.05) is 113 Å². The number of halogens is 1. The first-order chi connectivity index (χ1) is 23.3. The zero-order valence-electron chi connectivity index (χ0n) is 25.5. The van der Waals surface area contributed by atoms with Crippen molar-refractivity contribution in [2.24, 2.45) is 0 Å². The highest BCUT2D eigenvalue weighted by molar-refractivity contribution is 9.10.